The van der Waals surface area contributed by atoms with E-state index < -0.39 is 22.4 Å². The molecule has 0 unspecified atom stereocenters. The lowest BCUT2D eigenvalue weighted by Crippen LogP contribution is -2.58. The van der Waals surface area contributed by atoms with Crippen LogP contribution >= 0.6 is 0 Å². The Bertz CT molecular complexity index is 1120. The summed E-state index contributed by atoms with van der Waals surface area (Å²) in [7, 11) is -3.87. The number of aliphatic carboxylic acids is 1. The molecule has 0 bridgehead atoms. The number of aryl methyl sites for hydroxylation is 1. The first-order valence-corrected chi connectivity index (χ1v) is 12.1. The molecule has 2 aromatic rings. The highest BCUT2D eigenvalue weighted by atomic mass is 32.2. The molecule has 1 saturated heterocycles. The van der Waals surface area contributed by atoms with Crippen molar-refractivity contribution in [1.82, 2.24) is 9.21 Å². The van der Waals surface area contributed by atoms with E-state index >= 15 is 0 Å². The molecular formula is C23H27F3N2O5S. The Morgan fingerprint density at radius 2 is 1.65 bits per heavy atom. The summed E-state index contributed by atoms with van der Waals surface area (Å²) in [5.41, 5.74) is 1.86. The first-order valence-electron chi connectivity index (χ1n) is 10.7. The number of rotatable bonds is 7. The van der Waals surface area contributed by atoms with Crippen molar-refractivity contribution in [1.29, 1.82) is 0 Å². The third kappa shape index (κ3) is 6.49. The molecule has 0 spiro atoms. The Balaban J connectivity index is 1.73. The molecule has 1 aliphatic rings. The summed E-state index contributed by atoms with van der Waals surface area (Å²) in [6.07, 6.45) is -5.02. The van der Waals surface area contributed by atoms with Gasteiger partial charge in [-0.2, -0.15) is 4.31 Å². The molecule has 2 atom stereocenters. The average Bonchev–Trinajstić information content (AvgIpc) is 2.66. The number of carboxylic acid groups (broad SMARTS) is 1. The quantitative estimate of drug-likeness (QED) is 0.622. The normalized spacial score (nSPS) is 20.3. The van der Waals surface area contributed by atoms with Crippen molar-refractivity contribution in [3.63, 3.8) is 0 Å². The molecule has 1 heterocycles. The fourth-order valence-corrected chi connectivity index (χ4v) is 6.41. The van der Waals surface area contributed by atoms with Gasteiger partial charge >= 0.3 is 12.3 Å². The minimum Gasteiger partial charge on any atom is -0.481 e. The van der Waals surface area contributed by atoms with Gasteiger partial charge in [0.1, 0.15) is 5.75 Å². The highest BCUT2D eigenvalue weighted by Crippen LogP contribution is 2.28. The number of halogens is 3. The lowest BCUT2D eigenvalue weighted by molar-refractivity contribution is -0.274. The molecule has 7 nitrogen and oxygen atoms in total. The number of sulfonamides is 1. The predicted molar refractivity (Wildman–Crippen MR) is 119 cm³/mol. The largest absolute Gasteiger partial charge is 0.573 e. The molecule has 0 radical (unpaired) electrons. The molecule has 2 aromatic carbocycles. The number of carboxylic acids is 1. The monoisotopic (exact) mass is 500 g/mol. The smallest absolute Gasteiger partial charge is 0.481 e. The van der Waals surface area contributed by atoms with Gasteiger partial charge in [-0.3, -0.25) is 9.69 Å². The summed E-state index contributed by atoms with van der Waals surface area (Å²) in [4.78, 5) is 13.2. The number of ether oxygens (including phenoxy) is 1. The summed E-state index contributed by atoms with van der Waals surface area (Å²) < 4.78 is 69.3. The van der Waals surface area contributed by atoms with Crippen LogP contribution in [-0.4, -0.2) is 60.2 Å². The highest BCUT2D eigenvalue weighted by molar-refractivity contribution is 7.89. The fourth-order valence-electron chi connectivity index (χ4n) is 4.45. The van der Waals surface area contributed by atoms with Gasteiger partial charge in [0, 0.05) is 31.7 Å². The van der Waals surface area contributed by atoms with Gasteiger partial charge in [-0.15, -0.1) is 13.2 Å². The standard InChI is InChI=1S/C23H27F3N2O5S/c1-15-8-19(11-22(29)30)10-21(9-15)34(31,32)28-16(2)12-27(13-17(28)3)14-18-4-6-20(7-5-18)33-23(24,25)26/h4-10,16-17H,11-14H2,1-3H3,(H,29,30)/t16-,17+. The molecule has 3 rings (SSSR count). The summed E-state index contributed by atoms with van der Waals surface area (Å²) in [6.45, 7) is 6.63. The van der Waals surface area contributed by atoms with Gasteiger partial charge in [-0.05, 0) is 61.7 Å². The zero-order chi connectivity index (χ0) is 25.3. The lowest BCUT2D eigenvalue weighted by Gasteiger charge is -2.43. The van der Waals surface area contributed by atoms with E-state index in [0.29, 0.717) is 30.8 Å². The van der Waals surface area contributed by atoms with Crippen LogP contribution in [0.1, 0.15) is 30.5 Å². The summed E-state index contributed by atoms with van der Waals surface area (Å²) in [5.74, 6) is -1.34. The first kappa shape index (κ1) is 26.0. The van der Waals surface area contributed by atoms with E-state index in [4.69, 9.17) is 5.11 Å². The number of benzene rings is 2. The van der Waals surface area contributed by atoms with Crippen LogP contribution in [0.3, 0.4) is 0 Å². The van der Waals surface area contributed by atoms with Gasteiger partial charge in [0.15, 0.2) is 0 Å². The van der Waals surface area contributed by atoms with Crippen molar-refractivity contribution in [2.75, 3.05) is 13.1 Å². The predicted octanol–water partition coefficient (Wildman–Crippen LogP) is 3.80. The molecule has 0 amide bonds. The summed E-state index contributed by atoms with van der Waals surface area (Å²) >= 11 is 0. The molecule has 1 N–H and O–H groups in total. The SMILES string of the molecule is Cc1cc(CC(=O)O)cc(S(=O)(=O)N2[C@H](C)CN(Cc3ccc(OC(F)(F)F)cc3)C[C@@H]2C)c1. The second-order valence-corrected chi connectivity index (χ2v) is 10.5. The van der Waals surface area contributed by atoms with E-state index in [-0.39, 0.29) is 29.1 Å². The zero-order valence-corrected chi connectivity index (χ0v) is 19.9. The first-order chi connectivity index (χ1) is 15.7. The van der Waals surface area contributed by atoms with E-state index in [0.717, 1.165) is 5.56 Å². The maximum Gasteiger partial charge on any atom is 0.573 e. The van der Waals surface area contributed by atoms with Gasteiger partial charge in [0.25, 0.3) is 0 Å². The molecule has 1 aliphatic heterocycles. The number of hydrogen-bond acceptors (Lipinski definition) is 5. The molecule has 186 valence electrons. The van der Waals surface area contributed by atoms with Crippen molar-refractivity contribution < 1.29 is 36.2 Å². The average molecular weight is 501 g/mol. The van der Waals surface area contributed by atoms with Crippen molar-refractivity contribution in [2.45, 2.75) is 57.1 Å². The summed E-state index contributed by atoms with van der Waals surface area (Å²) in [6, 6.07) is 9.47. The Morgan fingerprint density at radius 1 is 1.06 bits per heavy atom. The topological polar surface area (TPSA) is 87.1 Å². The molecular weight excluding hydrogens is 473 g/mol. The molecule has 1 fully saturated rings. The maximum absolute atomic E-state index is 13.5. The number of hydrogen-bond donors (Lipinski definition) is 1. The van der Waals surface area contributed by atoms with Crippen LogP contribution in [0.25, 0.3) is 0 Å². The van der Waals surface area contributed by atoms with Crippen molar-refractivity contribution in [3.05, 3.63) is 59.2 Å². The van der Waals surface area contributed by atoms with Crippen molar-refractivity contribution in [2.24, 2.45) is 0 Å². The van der Waals surface area contributed by atoms with Crippen LogP contribution in [0.15, 0.2) is 47.4 Å². The van der Waals surface area contributed by atoms with Gasteiger partial charge in [-0.25, -0.2) is 8.42 Å². The summed E-state index contributed by atoms with van der Waals surface area (Å²) in [5, 5.41) is 9.08. The number of alkyl halides is 3. The highest BCUT2D eigenvalue weighted by Gasteiger charge is 2.38. The Labute approximate surface area is 196 Å². The minimum absolute atomic E-state index is 0.0659. The molecule has 0 aromatic heterocycles. The van der Waals surface area contributed by atoms with E-state index in [1.54, 1.807) is 39.0 Å². The maximum atomic E-state index is 13.5. The molecule has 11 heteroatoms. The van der Waals surface area contributed by atoms with Crippen LogP contribution in [0.2, 0.25) is 0 Å². The Hall–Kier alpha value is -2.63. The second kappa shape index (κ2) is 9.93. The van der Waals surface area contributed by atoms with Gasteiger partial charge in [-0.1, -0.05) is 18.2 Å². The van der Waals surface area contributed by atoms with Gasteiger partial charge < -0.3 is 9.84 Å². The van der Waals surface area contributed by atoms with E-state index in [9.17, 15) is 26.4 Å². The Morgan fingerprint density at radius 3 is 2.18 bits per heavy atom. The van der Waals surface area contributed by atoms with Crippen LogP contribution < -0.4 is 4.74 Å². The lowest BCUT2D eigenvalue weighted by atomic mass is 10.1. The number of carbonyl (C=O) groups is 1. The van der Waals surface area contributed by atoms with Crippen LogP contribution in [-0.2, 0) is 27.8 Å². The van der Waals surface area contributed by atoms with Crippen molar-refractivity contribution in [3.8, 4) is 5.75 Å². The fraction of sp³-hybridized carbons (Fsp3) is 0.435. The minimum atomic E-state index is -4.75. The van der Waals surface area contributed by atoms with Crippen LogP contribution in [0, 0.1) is 6.92 Å². The second-order valence-electron chi connectivity index (χ2n) is 8.64. The van der Waals surface area contributed by atoms with Crippen molar-refractivity contribution >= 4 is 16.0 Å². The van der Waals surface area contributed by atoms with Crippen LogP contribution in [0.5, 0.6) is 5.75 Å². The zero-order valence-electron chi connectivity index (χ0n) is 19.0. The third-order valence-corrected chi connectivity index (χ3v) is 7.62. The van der Waals surface area contributed by atoms with E-state index in [2.05, 4.69) is 4.74 Å². The number of nitrogens with zero attached hydrogens (tertiary/aromatic N) is 2. The van der Waals surface area contributed by atoms with E-state index in [1.807, 2.05) is 4.90 Å². The molecule has 0 aliphatic carbocycles. The third-order valence-electron chi connectivity index (χ3n) is 5.52. The van der Waals surface area contributed by atoms with E-state index in [1.165, 1.54) is 28.6 Å². The Kier molecular flexibility index (Phi) is 7.59. The molecule has 34 heavy (non-hydrogen) atoms. The van der Waals surface area contributed by atoms with Crippen LogP contribution in [0.4, 0.5) is 13.2 Å². The van der Waals surface area contributed by atoms with Gasteiger partial charge in [0.2, 0.25) is 10.0 Å². The molecule has 0 saturated carbocycles. The van der Waals surface area contributed by atoms with Gasteiger partial charge in [0.05, 0.1) is 11.3 Å². The number of piperazine rings is 1.